The minimum Gasteiger partial charge on any atom is -0.449 e. The number of nitrogens with one attached hydrogen (secondary N) is 3. The topological polar surface area (TPSA) is 129 Å². The van der Waals surface area contributed by atoms with E-state index in [9.17, 15) is 32.3 Å². The predicted molar refractivity (Wildman–Crippen MR) is 129 cm³/mol. The Hall–Kier alpha value is -4.04. The van der Waals surface area contributed by atoms with Gasteiger partial charge < -0.3 is 20.2 Å². The fourth-order valence-electron chi connectivity index (χ4n) is 4.08. The number of oxazole rings is 1. The smallest absolute Gasteiger partial charge is 0.430 e. The molecule has 4 aromatic rings. The van der Waals surface area contributed by atoms with Crippen LogP contribution in [0.15, 0.2) is 59.3 Å². The molecule has 1 saturated carbocycles. The van der Waals surface area contributed by atoms with Crippen molar-refractivity contribution in [3.8, 4) is 0 Å². The molecule has 0 unspecified atom stereocenters. The second-order valence-corrected chi connectivity index (χ2v) is 9.74. The molecule has 14 heteroatoms. The average molecular weight is 550 g/mol. The number of aromatic nitrogens is 2. The van der Waals surface area contributed by atoms with Gasteiger partial charge in [0.2, 0.25) is 0 Å². The quantitative estimate of drug-likeness (QED) is 0.254. The maximum Gasteiger partial charge on any atom is 0.430 e. The number of anilines is 2. The zero-order valence-corrected chi connectivity index (χ0v) is 20.1. The van der Waals surface area contributed by atoms with E-state index in [2.05, 4.69) is 25.9 Å². The molecule has 1 aliphatic rings. The molecule has 1 fully saturated rings. The number of hydrogen-bond donors (Lipinski definition) is 4. The number of carbonyl (C=O) groups is 2. The predicted octanol–water partition coefficient (Wildman–Crippen LogP) is 4.88. The Kier molecular flexibility index (Phi) is 6.53. The number of nitrogens with zero attached hydrogens (tertiary/aromatic N) is 2. The fraction of sp³-hybridized carbons (Fsp3) is 0.250. The molecule has 2 aromatic heterocycles. The Morgan fingerprint density at radius 1 is 1.08 bits per heavy atom. The van der Waals surface area contributed by atoms with E-state index >= 15 is 0 Å². The lowest BCUT2D eigenvalue weighted by Gasteiger charge is -2.37. The van der Waals surface area contributed by atoms with Crippen molar-refractivity contribution in [1.29, 1.82) is 0 Å². The summed E-state index contributed by atoms with van der Waals surface area (Å²) in [5, 5.41) is 18.0. The zero-order valence-electron chi connectivity index (χ0n) is 19.3. The standard InChI is InChI=1S/C24H19F4N5O4S/c25-14-2-4-15(5-3-14)31-21(35)33-22-32-17-6-1-13(11-18(17)38-22)23(36,24(26,27)28)20(34)30-16-9-12(10-16)19-29-7-8-37-19/h1-8,11-12,16,36H,9-10H2,(H,30,34)(H2,31,32,33,35)/t12?,16?,23-/m0/s1. The second-order valence-electron chi connectivity index (χ2n) is 8.70. The Bertz CT molecular complexity index is 1470. The summed E-state index contributed by atoms with van der Waals surface area (Å²) in [6, 6.07) is 6.92. The van der Waals surface area contributed by atoms with Crippen LogP contribution >= 0.6 is 11.3 Å². The van der Waals surface area contributed by atoms with Crippen molar-refractivity contribution in [2.75, 3.05) is 10.6 Å². The number of thiazole rings is 1. The number of aliphatic hydroxyl groups is 1. The summed E-state index contributed by atoms with van der Waals surface area (Å²) in [6.45, 7) is 0. The van der Waals surface area contributed by atoms with E-state index in [0.717, 1.165) is 35.6 Å². The third-order valence-corrected chi connectivity index (χ3v) is 7.08. The molecule has 0 bridgehead atoms. The monoisotopic (exact) mass is 549 g/mol. The van der Waals surface area contributed by atoms with Crippen molar-refractivity contribution >= 4 is 44.3 Å². The van der Waals surface area contributed by atoms with E-state index in [4.69, 9.17) is 4.42 Å². The van der Waals surface area contributed by atoms with Gasteiger partial charge in [-0.2, -0.15) is 13.2 Å². The third kappa shape index (κ3) is 4.91. The minimum atomic E-state index is -5.32. The lowest BCUT2D eigenvalue weighted by Crippen LogP contribution is -2.58. The number of rotatable bonds is 6. The number of halogens is 4. The van der Waals surface area contributed by atoms with Crippen LogP contribution in [0.25, 0.3) is 10.2 Å². The van der Waals surface area contributed by atoms with Crippen LogP contribution in [0.2, 0.25) is 0 Å². The molecule has 3 amide bonds. The van der Waals surface area contributed by atoms with Gasteiger partial charge in [0, 0.05) is 23.2 Å². The number of fused-ring (bicyclic) bond motifs is 1. The Labute approximate surface area is 215 Å². The van der Waals surface area contributed by atoms with Crippen LogP contribution < -0.4 is 16.0 Å². The summed E-state index contributed by atoms with van der Waals surface area (Å²) in [7, 11) is 0. The van der Waals surface area contributed by atoms with Gasteiger partial charge in [0.05, 0.1) is 16.4 Å². The van der Waals surface area contributed by atoms with Gasteiger partial charge in [0.25, 0.3) is 11.5 Å². The summed E-state index contributed by atoms with van der Waals surface area (Å²) in [5.74, 6) is -1.77. The highest BCUT2D eigenvalue weighted by atomic mass is 32.1. The molecule has 2 heterocycles. The van der Waals surface area contributed by atoms with E-state index in [1.54, 1.807) is 0 Å². The van der Waals surface area contributed by atoms with E-state index in [1.807, 2.05) is 0 Å². The molecule has 0 spiro atoms. The van der Waals surface area contributed by atoms with E-state index in [0.29, 0.717) is 24.4 Å². The van der Waals surface area contributed by atoms with E-state index in [1.165, 1.54) is 30.7 Å². The van der Waals surface area contributed by atoms with Gasteiger partial charge in [-0.15, -0.1) is 0 Å². The van der Waals surface area contributed by atoms with Gasteiger partial charge in [-0.05, 0) is 49.2 Å². The maximum absolute atomic E-state index is 14.1. The normalized spacial score (nSPS) is 18.9. The van der Waals surface area contributed by atoms with Gasteiger partial charge in [-0.3, -0.25) is 10.1 Å². The van der Waals surface area contributed by atoms with E-state index in [-0.39, 0.29) is 21.3 Å². The van der Waals surface area contributed by atoms with E-state index < -0.39 is 41.1 Å². The Balaban J connectivity index is 1.31. The first kappa shape index (κ1) is 25.6. The average Bonchev–Trinajstić information content (AvgIpc) is 3.50. The molecule has 198 valence electrons. The third-order valence-electron chi connectivity index (χ3n) is 6.14. The zero-order chi connectivity index (χ0) is 27.1. The number of urea groups is 1. The number of carbonyl (C=O) groups excluding carboxylic acids is 2. The molecule has 0 aliphatic heterocycles. The molecular formula is C24H19F4N5O4S. The van der Waals surface area contributed by atoms with Crippen molar-refractivity contribution in [3.63, 3.8) is 0 Å². The Morgan fingerprint density at radius 3 is 2.47 bits per heavy atom. The van der Waals surface area contributed by atoms with Gasteiger partial charge in [-0.25, -0.2) is 19.2 Å². The first-order valence-corrected chi connectivity index (χ1v) is 12.1. The van der Waals surface area contributed by atoms with Crippen LogP contribution in [0.5, 0.6) is 0 Å². The van der Waals surface area contributed by atoms with Crippen LogP contribution in [0, 0.1) is 5.82 Å². The van der Waals surface area contributed by atoms with Gasteiger partial charge in [-0.1, -0.05) is 17.4 Å². The summed E-state index contributed by atoms with van der Waals surface area (Å²) < 4.78 is 60.7. The number of hydrogen-bond acceptors (Lipinski definition) is 7. The van der Waals surface area contributed by atoms with Gasteiger partial charge in [0.15, 0.2) is 11.0 Å². The first-order valence-electron chi connectivity index (χ1n) is 11.3. The molecule has 0 saturated heterocycles. The van der Waals surface area contributed by atoms with Crippen molar-refractivity contribution in [1.82, 2.24) is 15.3 Å². The molecule has 0 radical (unpaired) electrons. The fourth-order valence-corrected chi connectivity index (χ4v) is 4.98. The highest BCUT2D eigenvalue weighted by molar-refractivity contribution is 7.22. The SMILES string of the molecule is O=C(Nc1ccc(F)cc1)Nc1nc2ccc([C@](O)(C(=O)NC3CC(c4ncco4)C3)C(F)(F)F)cc2s1. The summed E-state index contributed by atoms with van der Waals surface area (Å²) in [4.78, 5) is 33.1. The van der Waals surface area contributed by atoms with Gasteiger partial charge in [0.1, 0.15) is 12.1 Å². The molecular weight excluding hydrogens is 530 g/mol. The highest BCUT2D eigenvalue weighted by Gasteiger charge is 2.61. The summed E-state index contributed by atoms with van der Waals surface area (Å²) >= 11 is 0.849. The molecule has 1 atom stereocenters. The van der Waals surface area contributed by atoms with Gasteiger partial charge >= 0.3 is 12.2 Å². The number of benzene rings is 2. The summed E-state index contributed by atoms with van der Waals surface area (Å²) in [5.41, 5.74) is -3.95. The van der Waals surface area contributed by atoms with Crippen molar-refractivity contribution in [2.24, 2.45) is 0 Å². The van der Waals surface area contributed by atoms with Crippen LogP contribution in [0.4, 0.5) is 33.2 Å². The second kappa shape index (κ2) is 9.68. The molecule has 2 aromatic carbocycles. The molecule has 38 heavy (non-hydrogen) atoms. The maximum atomic E-state index is 14.1. The van der Waals surface area contributed by atoms with Crippen molar-refractivity contribution in [3.05, 3.63) is 72.2 Å². The number of alkyl halides is 3. The van der Waals surface area contributed by atoms with Crippen molar-refractivity contribution in [2.45, 2.75) is 36.6 Å². The molecule has 1 aliphatic carbocycles. The number of amides is 3. The van der Waals surface area contributed by atoms with Crippen LogP contribution in [0.1, 0.15) is 30.2 Å². The Morgan fingerprint density at radius 2 is 1.82 bits per heavy atom. The first-order chi connectivity index (χ1) is 18.0. The highest BCUT2D eigenvalue weighted by Crippen LogP contribution is 2.42. The lowest BCUT2D eigenvalue weighted by molar-refractivity contribution is -0.257. The molecule has 9 nitrogen and oxygen atoms in total. The largest absolute Gasteiger partial charge is 0.449 e. The van der Waals surface area contributed by atoms with Crippen LogP contribution in [-0.4, -0.2) is 39.2 Å². The van der Waals surface area contributed by atoms with Crippen molar-refractivity contribution < 1.29 is 36.7 Å². The molecule has 5 rings (SSSR count). The molecule has 4 N–H and O–H groups in total. The van der Waals surface area contributed by atoms with Crippen LogP contribution in [-0.2, 0) is 10.4 Å². The summed E-state index contributed by atoms with van der Waals surface area (Å²) in [6.07, 6.45) is -1.83. The lowest BCUT2D eigenvalue weighted by atomic mass is 9.79. The van der Waals surface area contributed by atoms with Crippen LogP contribution in [0.3, 0.4) is 0 Å². The minimum absolute atomic E-state index is 0.0591.